The fourth-order valence-corrected chi connectivity index (χ4v) is 3.95. The summed E-state index contributed by atoms with van der Waals surface area (Å²) in [6, 6.07) is 14.5. The standard InChI is InChI=1S/C21H21BrFN3O/c22-17-4-7-19-16(12-17)13-20(24-19)21(27)26-9-1-8-25(10-11-26)14-15-2-5-18(23)6-3-15/h2-7,12-13,24H,1,8-11,14H2. The van der Waals surface area contributed by atoms with Crippen molar-refractivity contribution in [3.8, 4) is 0 Å². The van der Waals surface area contributed by atoms with Crippen LogP contribution in [0.5, 0.6) is 0 Å². The Bertz CT molecular complexity index is 954. The Balaban J connectivity index is 1.42. The van der Waals surface area contributed by atoms with Crippen LogP contribution < -0.4 is 0 Å². The van der Waals surface area contributed by atoms with Crippen molar-refractivity contribution in [2.75, 3.05) is 26.2 Å². The SMILES string of the molecule is O=C(c1cc2cc(Br)ccc2[nH]1)N1CCCN(Cc2ccc(F)cc2)CC1. The number of aromatic amines is 1. The van der Waals surface area contributed by atoms with Gasteiger partial charge in [-0.05, 0) is 48.4 Å². The van der Waals surface area contributed by atoms with Gasteiger partial charge in [0.05, 0.1) is 0 Å². The van der Waals surface area contributed by atoms with Crippen LogP contribution in [-0.2, 0) is 6.54 Å². The first kappa shape index (κ1) is 18.2. The molecule has 1 aliphatic rings. The fraction of sp³-hybridized carbons (Fsp3) is 0.286. The minimum atomic E-state index is -0.211. The zero-order chi connectivity index (χ0) is 18.8. The summed E-state index contributed by atoms with van der Waals surface area (Å²) in [6.45, 7) is 3.97. The van der Waals surface area contributed by atoms with Gasteiger partial charge >= 0.3 is 0 Å². The molecule has 0 saturated carbocycles. The van der Waals surface area contributed by atoms with Gasteiger partial charge in [0.2, 0.25) is 0 Å². The van der Waals surface area contributed by atoms with Crippen molar-refractivity contribution < 1.29 is 9.18 Å². The summed E-state index contributed by atoms with van der Waals surface area (Å²) in [4.78, 5) is 20.4. The molecule has 0 spiro atoms. The number of fused-ring (bicyclic) bond motifs is 1. The van der Waals surface area contributed by atoms with Gasteiger partial charge in [-0.1, -0.05) is 28.1 Å². The Hall–Kier alpha value is -2.18. The number of nitrogens with one attached hydrogen (secondary N) is 1. The molecular weight excluding hydrogens is 409 g/mol. The minimum absolute atomic E-state index is 0.0472. The summed E-state index contributed by atoms with van der Waals surface area (Å²) in [6.07, 6.45) is 0.929. The summed E-state index contributed by atoms with van der Waals surface area (Å²) in [5, 5.41) is 1.03. The van der Waals surface area contributed by atoms with E-state index in [9.17, 15) is 9.18 Å². The van der Waals surface area contributed by atoms with E-state index in [-0.39, 0.29) is 11.7 Å². The van der Waals surface area contributed by atoms with Crippen LogP contribution in [-0.4, -0.2) is 46.9 Å². The second-order valence-electron chi connectivity index (χ2n) is 6.96. The maximum absolute atomic E-state index is 13.1. The lowest BCUT2D eigenvalue weighted by molar-refractivity contribution is 0.0756. The van der Waals surface area contributed by atoms with Crippen LogP contribution in [0.3, 0.4) is 0 Å². The lowest BCUT2D eigenvalue weighted by Crippen LogP contribution is -2.35. The molecule has 0 atom stereocenters. The molecular formula is C21H21BrFN3O. The Morgan fingerprint density at radius 2 is 1.85 bits per heavy atom. The second-order valence-corrected chi connectivity index (χ2v) is 7.88. The van der Waals surface area contributed by atoms with Crippen LogP contribution in [0.15, 0.2) is 53.0 Å². The molecule has 1 aromatic heterocycles. The zero-order valence-corrected chi connectivity index (χ0v) is 16.5. The van der Waals surface area contributed by atoms with Crippen LogP contribution in [0.2, 0.25) is 0 Å². The molecule has 1 N–H and O–H groups in total. The number of benzene rings is 2. The van der Waals surface area contributed by atoms with Crippen LogP contribution in [0.1, 0.15) is 22.5 Å². The van der Waals surface area contributed by atoms with Gasteiger partial charge in [0.1, 0.15) is 11.5 Å². The maximum atomic E-state index is 13.1. The third-order valence-corrected chi connectivity index (χ3v) is 5.50. The first-order valence-corrected chi connectivity index (χ1v) is 9.92. The fourth-order valence-electron chi connectivity index (χ4n) is 3.57. The molecule has 2 heterocycles. The number of nitrogens with zero attached hydrogens (tertiary/aromatic N) is 2. The number of rotatable bonds is 3. The molecule has 6 heteroatoms. The van der Waals surface area contributed by atoms with E-state index in [4.69, 9.17) is 0 Å². The molecule has 0 unspecified atom stereocenters. The number of carbonyl (C=O) groups excluding carboxylic acids is 1. The minimum Gasteiger partial charge on any atom is -0.351 e. The molecule has 3 aromatic rings. The van der Waals surface area contributed by atoms with Crippen molar-refractivity contribution >= 4 is 32.7 Å². The van der Waals surface area contributed by atoms with Gasteiger partial charge in [-0.3, -0.25) is 9.69 Å². The molecule has 140 valence electrons. The lowest BCUT2D eigenvalue weighted by Gasteiger charge is -2.21. The van der Waals surface area contributed by atoms with Gasteiger partial charge in [0.15, 0.2) is 0 Å². The number of halogens is 2. The van der Waals surface area contributed by atoms with Gasteiger partial charge in [-0.2, -0.15) is 0 Å². The van der Waals surface area contributed by atoms with E-state index in [0.717, 1.165) is 53.5 Å². The zero-order valence-electron chi connectivity index (χ0n) is 14.9. The molecule has 0 aliphatic carbocycles. The highest BCUT2D eigenvalue weighted by molar-refractivity contribution is 9.10. The van der Waals surface area contributed by atoms with E-state index in [1.807, 2.05) is 41.3 Å². The van der Waals surface area contributed by atoms with Crippen LogP contribution in [0.25, 0.3) is 10.9 Å². The Kier molecular flexibility index (Phi) is 5.27. The average molecular weight is 430 g/mol. The van der Waals surface area contributed by atoms with Crippen molar-refractivity contribution in [3.63, 3.8) is 0 Å². The van der Waals surface area contributed by atoms with Crippen molar-refractivity contribution in [1.29, 1.82) is 0 Å². The van der Waals surface area contributed by atoms with Gasteiger partial charge in [-0.15, -0.1) is 0 Å². The molecule has 0 bridgehead atoms. The lowest BCUT2D eigenvalue weighted by atomic mass is 10.2. The van der Waals surface area contributed by atoms with E-state index in [2.05, 4.69) is 25.8 Å². The van der Waals surface area contributed by atoms with Crippen molar-refractivity contribution in [1.82, 2.24) is 14.8 Å². The average Bonchev–Trinajstić information content (AvgIpc) is 2.94. The molecule has 4 nitrogen and oxygen atoms in total. The summed E-state index contributed by atoms with van der Waals surface area (Å²) in [7, 11) is 0. The largest absolute Gasteiger partial charge is 0.351 e. The van der Waals surface area contributed by atoms with E-state index >= 15 is 0 Å². The van der Waals surface area contributed by atoms with Crippen molar-refractivity contribution in [2.24, 2.45) is 0 Å². The van der Waals surface area contributed by atoms with Gasteiger partial charge in [-0.25, -0.2) is 4.39 Å². The number of hydrogen-bond acceptors (Lipinski definition) is 2. The number of amides is 1. The smallest absolute Gasteiger partial charge is 0.270 e. The monoisotopic (exact) mass is 429 g/mol. The third-order valence-electron chi connectivity index (χ3n) is 5.01. The third kappa shape index (κ3) is 4.22. The highest BCUT2D eigenvalue weighted by Crippen LogP contribution is 2.21. The first-order chi connectivity index (χ1) is 13.1. The highest BCUT2D eigenvalue weighted by Gasteiger charge is 2.21. The Morgan fingerprint density at radius 1 is 1.04 bits per heavy atom. The van der Waals surface area contributed by atoms with Crippen molar-refractivity contribution in [2.45, 2.75) is 13.0 Å². The molecule has 2 aromatic carbocycles. The van der Waals surface area contributed by atoms with Crippen LogP contribution in [0, 0.1) is 5.82 Å². The van der Waals surface area contributed by atoms with Gasteiger partial charge < -0.3 is 9.88 Å². The van der Waals surface area contributed by atoms with Gasteiger partial charge in [0.25, 0.3) is 5.91 Å². The molecule has 1 aliphatic heterocycles. The summed E-state index contributed by atoms with van der Waals surface area (Å²) < 4.78 is 14.1. The number of carbonyl (C=O) groups is 1. The van der Waals surface area contributed by atoms with Crippen LogP contribution >= 0.6 is 15.9 Å². The molecule has 0 radical (unpaired) electrons. The van der Waals surface area contributed by atoms with Crippen LogP contribution in [0.4, 0.5) is 4.39 Å². The Labute approximate surface area is 166 Å². The van der Waals surface area contributed by atoms with E-state index < -0.39 is 0 Å². The van der Waals surface area contributed by atoms with E-state index in [0.29, 0.717) is 12.2 Å². The molecule has 1 saturated heterocycles. The Morgan fingerprint density at radius 3 is 2.67 bits per heavy atom. The summed E-state index contributed by atoms with van der Waals surface area (Å²) >= 11 is 3.47. The van der Waals surface area contributed by atoms with E-state index in [1.165, 1.54) is 12.1 Å². The normalized spacial score (nSPS) is 15.9. The summed E-state index contributed by atoms with van der Waals surface area (Å²) in [5.74, 6) is -0.164. The first-order valence-electron chi connectivity index (χ1n) is 9.13. The molecule has 1 amide bonds. The summed E-state index contributed by atoms with van der Waals surface area (Å²) in [5.41, 5.74) is 2.70. The van der Waals surface area contributed by atoms with Gasteiger partial charge in [0, 0.05) is 48.1 Å². The number of H-pyrrole nitrogens is 1. The maximum Gasteiger partial charge on any atom is 0.270 e. The number of hydrogen-bond donors (Lipinski definition) is 1. The quantitative estimate of drug-likeness (QED) is 0.669. The molecule has 4 rings (SSSR count). The predicted molar refractivity (Wildman–Crippen MR) is 108 cm³/mol. The van der Waals surface area contributed by atoms with Crippen molar-refractivity contribution in [3.05, 3.63) is 70.1 Å². The molecule has 27 heavy (non-hydrogen) atoms. The second kappa shape index (κ2) is 7.82. The highest BCUT2D eigenvalue weighted by atomic mass is 79.9. The topological polar surface area (TPSA) is 39.3 Å². The molecule has 1 fully saturated rings. The predicted octanol–water partition coefficient (Wildman–Crippen LogP) is 4.42. The number of aromatic nitrogens is 1. The van der Waals surface area contributed by atoms with E-state index in [1.54, 1.807) is 0 Å².